The van der Waals surface area contributed by atoms with Crippen LogP contribution in [0, 0.1) is 17.5 Å². The number of nitrogens with zero attached hydrogens (tertiary/aromatic N) is 4. The lowest BCUT2D eigenvalue weighted by atomic mass is 10.1. The highest BCUT2D eigenvalue weighted by atomic mass is 19.1. The van der Waals surface area contributed by atoms with Gasteiger partial charge in [-0.05, 0) is 13.0 Å². The van der Waals surface area contributed by atoms with Gasteiger partial charge < -0.3 is 4.90 Å². The Bertz CT molecular complexity index is 670. The zero-order chi connectivity index (χ0) is 16.4. The van der Waals surface area contributed by atoms with Gasteiger partial charge >= 0.3 is 0 Å². The van der Waals surface area contributed by atoms with E-state index in [-0.39, 0.29) is 6.04 Å². The van der Waals surface area contributed by atoms with Gasteiger partial charge in [0.2, 0.25) is 5.95 Å². The first-order chi connectivity index (χ1) is 11.0. The van der Waals surface area contributed by atoms with E-state index >= 15 is 0 Å². The Morgan fingerprint density at radius 3 is 2.22 bits per heavy atom. The molecule has 2 heterocycles. The van der Waals surface area contributed by atoms with Crippen molar-refractivity contribution in [3.05, 3.63) is 53.6 Å². The molecule has 0 N–H and O–H groups in total. The summed E-state index contributed by atoms with van der Waals surface area (Å²) in [7, 11) is 0. The molecule has 0 saturated carbocycles. The van der Waals surface area contributed by atoms with Crippen molar-refractivity contribution in [3.8, 4) is 0 Å². The van der Waals surface area contributed by atoms with Crippen molar-refractivity contribution in [2.75, 3.05) is 31.1 Å². The lowest BCUT2D eigenvalue weighted by molar-refractivity contribution is 0.194. The van der Waals surface area contributed by atoms with Gasteiger partial charge in [-0.15, -0.1) is 0 Å². The van der Waals surface area contributed by atoms with Crippen molar-refractivity contribution in [2.24, 2.45) is 0 Å². The van der Waals surface area contributed by atoms with Gasteiger partial charge in [0.15, 0.2) is 5.82 Å². The third-order valence-corrected chi connectivity index (χ3v) is 4.16. The van der Waals surface area contributed by atoms with Crippen LogP contribution in [-0.2, 0) is 0 Å². The van der Waals surface area contributed by atoms with Gasteiger partial charge in [0.1, 0.15) is 11.6 Å². The van der Waals surface area contributed by atoms with Crippen LogP contribution in [-0.4, -0.2) is 41.0 Å². The molecule has 4 nitrogen and oxygen atoms in total. The number of aromatic nitrogens is 2. The first kappa shape index (κ1) is 15.7. The molecule has 122 valence electrons. The van der Waals surface area contributed by atoms with Crippen LogP contribution >= 0.6 is 0 Å². The molecule has 1 fully saturated rings. The summed E-state index contributed by atoms with van der Waals surface area (Å²) in [5.41, 5.74) is 0.484. The van der Waals surface area contributed by atoms with Crippen molar-refractivity contribution >= 4 is 5.95 Å². The van der Waals surface area contributed by atoms with E-state index < -0.39 is 17.5 Å². The van der Waals surface area contributed by atoms with Crippen LogP contribution in [0.4, 0.5) is 19.1 Å². The SMILES string of the molecule is C[C@@H](c1ccc(F)cc1F)N1CCN(c2ncc(F)cn2)CC1. The average Bonchev–Trinajstić information content (AvgIpc) is 2.55. The molecule has 3 rings (SSSR count). The van der Waals surface area contributed by atoms with Gasteiger partial charge in [0.05, 0.1) is 12.4 Å². The van der Waals surface area contributed by atoms with Crippen LogP contribution in [0.3, 0.4) is 0 Å². The number of anilines is 1. The van der Waals surface area contributed by atoms with Gasteiger partial charge in [0, 0.05) is 43.9 Å². The van der Waals surface area contributed by atoms with E-state index in [1.165, 1.54) is 12.1 Å². The fourth-order valence-corrected chi connectivity index (χ4v) is 2.81. The molecule has 23 heavy (non-hydrogen) atoms. The minimum absolute atomic E-state index is 0.146. The molecule has 1 aliphatic heterocycles. The maximum absolute atomic E-state index is 13.9. The molecule has 1 aliphatic rings. The highest BCUT2D eigenvalue weighted by Gasteiger charge is 2.25. The standard InChI is InChI=1S/C16H17F3N4/c1-11(14-3-2-12(17)8-15(14)19)22-4-6-23(7-5-22)16-20-9-13(18)10-21-16/h2-3,8-11H,4-7H2,1H3/t11-/m0/s1. The summed E-state index contributed by atoms with van der Waals surface area (Å²) in [6, 6.07) is 3.53. The molecule has 7 heteroatoms. The third kappa shape index (κ3) is 3.44. The van der Waals surface area contributed by atoms with Crippen LogP contribution in [0.1, 0.15) is 18.5 Å². The molecular weight excluding hydrogens is 305 g/mol. The molecule has 0 spiro atoms. The van der Waals surface area contributed by atoms with Crippen molar-refractivity contribution in [1.82, 2.24) is 14.9 Å². The highest BCUT2D eigenvalue weighted by molar-refractivity contribution is 5.30. The molecule has 0 bridgehead atoms. The average molecular weight is 322 g/mol. The van der Waals surface area contributed by atoms with Crippen molar-refractivity contribution in [2.45, 2.75) is 13.0 Å². The molecule has 1 atom stereocenters. The van der Waals surface area contributed by atoms with E-state index in [0.29, 0.717) is 37.7 Å². The van der Waals surface area contributed by atoms with Gasteiger partial charge in [-0.3, -0.25) is 4.90 Å². The number of hydrogen-bond donors (Lipinski definition) is 0. The zero-order valence-electron chi connectivity index (χ0n) is 12.7. The van der Waals surface area contributed by atoms with E-state index in [9.17, 15) is 13.2 Å². The lowest BCUT2D eigenvalue weighted by Gasteiger charge is -2.38. The third-order valence-electron chi connectivity index (χ3n) is 4.16. The number of piperazine rings is 1. The van der Waals surface area contributed by atoms with Gasteiger partial charge in [-0.2, -0.15) is 0 Å². The second kappa shape index (κ2) is 6.54. The van der Waals surface area contributed by atoms with E-state index in [1.807, 2.05) is 11.8 Å². The first-order valence-corrected chi connectivity index (χ1v) is 7.46. The predicted molar refractivity (Wildman–Crippen MR) is 80.5 cm³/mol. The minimum Gasteiger partial charge on any atom is -0.338 e. The van der Waals surface area contributed by atoms with Crippen molar-refractivity contribution in [3.63, 3.8) is 0 Å². The number of hydrogen-bond acceptors (Lipinski definition) is 4. The molecule has 2 aromatic rings. The van der Waals surface area contributed by atoms with E-state index in [2.05, 4.69) is 14.9 Å². The number of halogens is 3. The summed E-state index contributed by atoms with van der Waals surface area (Å²) in [4.78, 5) is 12.0. The molecule has 1 saturated heterocycles. The van der Waals surface area contributed by atoms with Crippen LogP contribution in [0.5, 0.6) is 0 Å². The van der Waals surface area contributed by atoms with E-state index in [4.69, 9.17) is 0 Å². The first-order valence-electron chi connectivity index (χ1n) is 7.46. The molecule has 0 unspecified atom stereocenters. The number of rotatable bonds is 3. The van der Waals surface area contributed by atoms with Crippen molar-refractivity contribution < 1.29 is 13.2 Å². The molecule has 0 aliphatic carbocycles. The Balaban J connectivity index is 1.65. The largest absolute Gasteiger partial charge is 0.338 e. The smallest absolute Gasteiger partial charge is 0.225 e. The fraction of sp³-hybridized carbons (Fsp3) is 0.375. The summed E-state index contributed by atoms with van der Waals surface area (Å²) >= 11 is 0. The zero-order valence-corrected chi connectivity index (χ0v) is 12.7. The summed E-state index contributed by atoms with van der Waals surface area (Å²) in [5, 5.41) is 0. The summed E-state index contributed by atoms with van der Waals surface area (Å²) in [5.74, 6) is -1.07. The Morgan fingerprint density at radius 1 is 0.957 bits per heavy atom. The van der Waals surface area contributed by atoms with Gasteiger partial charge in [0.25, 0.3) is 0 Å². The summed E-state index contributed by atoms with van der Waals surface area (Å²) in [6.07, 6.45) is 2.29. The van der Waals surface area contributed by atoms with Crippen LogP contribution in [0.15, 0.2) is 30.6 Å². The minimum atomic E-state index is -0.572. The highest BCUT2D eigenvalue weighted by Crippen LogP contribution is 2.25. The number of benzene rings is 1. The maximum Gasteiger partial charge on any atom is 0.225 e. The topological polar surface area (TPSA) is 32.3 Å². The molecule has 1 aromatic heterocycles. The second-order valence-electron chi connectivity index (χ2n) is 5.57. The van der Waals surface area contributed by atoms with Crippen LogP contribution in [0.25, 0.3) is 0 Å². The van der Waals surface area contributed by atoms with E-state index in [1.54, 1.807) is 0 Å². The molecular formula is C16H17F3N4. The molecule has 1 aromatic carbocycles. The molecule has 0 amide bonds. The summed E-state index contributed by atoms with van der Waals surface area (Å²) in [6.45, 7) is 4.62. The van der Waals surface area contributed by atoms with Crippen molar-refractivity contribution in [1.29, 1.82) is 0 Å². The Morgan fingerprint density at radius 2 is 1.61 bits per heavy atom. The Hall–Kier alpha value is -2.15. The quantitative estimate of drug-likeness (QED) is 0.870. The van der Waals surface area contributed by atoms with Crippen LogP contribution < -0.4 is 4.90 Å². The van der Waals surface area contributed by atoms with E-state index in [0.717, 1.165) is 18.5 Å². The second-order valence-corrected chi connectivity index (χ2v) is 5.57. The Kier molecular flexibility index (Phi) is 4.47. The predicted octanol–water partition coefficient (Wildman–Crippen LogP) is 2.78. The monoisotopic (exact) mass is 322 g/mol. The Labute approximate surface area is 132 Å². The van der Waals surface area contributed by atoms with Crippen LogP contribution in [0.2, 0.25) is 0 Å². The molecule has 0 radical (unpaired) electrons. The lowest BCUT2D eigenvalue weighted by Crippen LogP contribution is -2.47. The fourth-order valence-electron chi connectivity index (χ4n) is 2.81. The maximum atomic E-state index is 13.9. The summed E-state index contributed by atoms with van der Waals surface area (Å²) < 4.78 is 39.8. The van der Waals surface area contributed by atoms with Gasteiger partial charge in [-0.1, -0.05) is 6.07 Å². The normalized spacial score (nSPS) is 17.3. The van der Waals surface area contributed by atoms with Gasteiger partial charge in [-0.25, -0.2) is 23.1 Å².